The van der Waals surface area contributed by atoms with Crippen molar-refractivity contribution >= 4 is 23.4 Å². The summed E-state index contributed by atoms with van der Waals surface area (Å²) in [5.41, 5.74) is 0.397. The highest BCUT2D eigenvalue weighted by Gasteiger charge is 2.25. The molecule has 6 nitrogen and oxygen atoms in total. The Morgan fingerprint density at radius 1 is 1.35 bits per heavy atom. The van der Waals surface area contributed by atoms with Gasteiger partial charge in [-0.1, -0.05) is 11.6 Å². The van der Waals surface area contributed by atoms with Crippen LogP contribution in [0.15, 0.2) is 12.1 Å². The fourth-order valence-corrected chi connectivity index (χ4v) is 2.52. The Balaban J connectivity index is 1.86. The topological polar surface area (TPSA) is 67.9 Å². The molecule has 7 heteroatoms. The molecule has 1 aromatic carbocycles. The van der Waals surface area contributed by atoms with E-state index in [2.05, 4.69) is 5.32 Å². The van der Waals surface area contributed by atoms with Gasteiger partial charge in [0.15, 0.2) is 11.5 Å². The second-order valence-corrected chi connectivity index (χ2v) is 5.03. The molecule has 0 radical (unpaired) electrons. The van der Waals surface area contributed by atoms with Crippen LogP contribution in [0.3, 0.4) is 0 Å². The number of ether oxygens (including phenoxy) is 2. The van der Waals surface area contributed by atoms with Gasteiger partial charge in [0, 0.05) is 18.7 Å². The van der Waals surface area contributed by atoms with Crippen molar-refractivity contribution < 1.29 is 19.1 Å². The van der Waals surface area contributed by atoms with E-state index in [9.17, 15) is 9.59 Å². The predicted molar refractivity (Wildman–Crippen MR) is 71.1 cm³/mol. The van der Waals surface area contributed by atoms with Crippen LogP contribution in [-0.2, 0) is 4.79 Å². The number of benzene rings is 1. The lowest BCUT2D eigenvalue weighted by Gasteiger charge is -2.19. The average molecular weight is 297 g/mol. The van der Waals surface area contributed by atoms with Gasteiger partial charge in [-0.15, -0.1) is 0 Å². The van der Waals surface area contributed by atoms with Crippen LogP contribution in [0.2, 0.25) is 5.02 Å². The highest BCUT2D eigenvalue weighted by Crippen LogP contribution is 2.40. The van der Waals surface area contributed by atoms with Crippen LogP contribution >= 0.6 is 11.6 Å². The second-order valence-electron chi connectivity index (χ2n) is 4.62. The SMILES string of the molecule is O=C1CN(C(=O)c2cc(Cl)c3c(c2)OCO3)CCCN1. The normalized spacial score (nSPS) is 17.6. The number of amides is 2. The van der Waals surface area contributed by atoms with Gasteiger partial charge in [0.1, 0.15) is 0 Å². The van der Waals surface area contributed by atoms with Crippen molar-refractivity contribution in [2.75, 3.05) is 26.4 Å². The van der Waals surface area contributed by atoms with Gasteiger partial charge in [-0.25, -0.2) is 0 Å². The van der Waals surface area contributed by atoms with Gasteiger partial charge in [-0.05, 0) is 18.6 Å². The minimum absolute atomic E-state index is 0.0604. The van der Waals surface area contributed by atoms with Crippen LogP contribution in [0.25, 0.3) is 0 Å². The molecule has 1 N–H and O–H groups in total. The Hall–Kier alpha value is -1.95. The van der Waals surface area contributed by atoms with Crippen molar-refractivity contribution in [3.63, 3.8) is 0 Å². The second kappa shape index (κ2) is 5.20. The molecule has 3 rings (SSSR count). The van der Waals surface area contributed by atoms with Gasteiger partial charge in [0.25, 0.3) is 5.91 Å². The summed E-state index contributed by atoms with van der Waals surface area (Å²) in [5, 5.41) is 3.07. The van der Waals surface area contributed by atoms with Crippen LogP contribution < -0.4 is 14.8 Å². The van der Waals surface area contributed by atoms with Crippen LogP contribution in [0, 0.1) is 0 Å². The van der Waals surface area contributed by atoms with Gasteiger partial charge in [-0.2, -0.15) is 0 Å². The molecule has 1 fully saturated rings. The van der Waals surface area contributed by atoms with Crippen LogP contribution in [0.5, 0.6) is 11.5 Å². The number of nitrogens with zero attached hydrogens (tertiary/aromatic N) is 1. The molecule has 0 unspecified atom stereocenters. The standard InChI is InChI=1S/C13H13ClN2O4/c14-9-4-8(5-10-12(9)20-7-19-10)13(18)16-3-1-2-15-11(17)6-16/h4-5H,1-3,6-7H2,(H,15,17). The third-order valence-electron chi connectivity index (χ3n) is 3.22. The van der Waals surface area contributed by atoms with Gasteiger partial charge in [0.05, 0.1) is 11.6 Å². The Labute approximate surface area is 120 Å². The molecule has 1 aromatic rings. The minimum Gasteiger partial charge on any atom is -0.454 e. The Kier molecular flexibility index (Phi) is 3.40. The first-order chi connectivity index (χ1) is 9.65. The zero-order valence-electron chi connectivity index (χ0n) is 10.6. The van der Waals surface area contributed by atoms with Crippen molar-refractivity contribution in [3.8, 4) is 11.5 Å². The van der Waals surface area contributed by atoms with E-state index >= 15 is 0 Å². The van der Waals surface area contributed by atoms with E-state index in [1.165, 1.54) is 4.90 Å². The third kappa shape index (κ3) is 2.38. The maximum absolute atomic E-state index is 12.4. The summed E-state index contributed by atoms with van der Waals surface area (Å²) in [6.07, 6.45) is 0.732. The first kappa shape index (κ1) is 13.1. The molecule has 2 heterocycles. The smallest absolute Gasteiger partial charge is 0.254 e. The maximum Gasteiger partial charge on any atom is 0.254 e. The van der Waals surface area contributed by atoms with Crippen molar-refractivity contribution in [1.82, 2.24) is 10.2 Å². The van der Waals surface area contributed by atoms with Gasteiger partial charge in [-0.3, -0.25) is 9.59 Å². The predicted octanol–water partition coefficient (Wildman–Crippen LogP) is 1.03. The highest BCUT2D eigenvalue weighted by atomic mass is 35.5. The maximum atomic E-state index is 12.4. The van der Waals surface area contributed by atoms with Crippen molar-refractivity contribution in [2.45, 2.75) is 6.42 Å². The van der Waals surface area contributed by atoms with Crippen LogP contribution in [0.1, 0.15) is 16.8 Å². The molecular formula is C13H13ClN2O4. The summed E-state index contributed by atoms with van der Waals surface area (Å²) in [5.74, 6) is 0.530. The monoisotopic (exact) mass is 296 g/mol. The fraction of sp³-hybridized carbons (Fsp3) is 0.385. The van der Waals surface area contributed by atoms with Crippen LogP contribution in [-0.4, -0.2) is 43.1 Å². The number of hydrogen-bond donors (Lipinski definition) is 1. The molecule has 0 aromatic heterocycles. The van der Waals surface area contributed by atoms with E-state index in [-0.39, 0.29) is 25.2 Å². The molecule has 1 saturated heterocycles. The number of hydrogen-bond acceptors (Lipinski definition) is 4. The zero-order chi connectivity index (χ0) is 14.1. The number of rotatable bonds is 1. The lowest BCUT2D eigenvalue weighted by Crippen LogP contribution is -2.37. The molecule has 0 saturated carbocycles. The summed E-state index contributed by atoms with van der Waals surface area (Å²) in [7, 11) is 0. The van der Waals surface area contributed by atoms with E-state index in [0.717, 1.165) is 6.42 Å². The molecule has 2 amide bonds. The number of fused-ring (bicyclic) bond motifs is 1. The fourth-order valence-electron chi connectivity index (χ4n) is 2.25. The van der Waals surface area contributed by atoms with E-state index in [1.807, 2.05) is 0 Å². The van der Waals surface area contributed by atoms with E-state index < -0.39 is 0 Å². The number of nitrogens with one attached hydrogen (secondary N) is 1. The Morgan fingerprint density at radius 3 is 3.05 bits per heavy atom. The summed E-state index contributed by atoms with van der Waals surface area (Å²) in [6.45, 7) is 1.28. The summed E-state index contributed by atoms with van der Waals surface area (Å²) >= 11 is 6.06. The first-order valence-electron chi connectivity index (χ1n) is 6.30. The molecule has 2 aliphatic heterocycles. The molecule has 0 bridgehead atoms. The van der Waals surface area contributed by atoms with Crippen molar-refractivity contribution in [3.05, 3.63) is 22.7 Å². The Bertz CT molecular complexity index is 576. The van der Waals surface area contributed by atoms with Crippen molar-refractivity contribution in [2.24, 2.45) is 0 Å². The first-order valence-corrected chi connectivity index (χ1v) is 6.68. The molecule has 0 aliphatic carbocycles. The lowest BCUT2D eigenvalue weighted by atomic mass is 10.1. The largest absolute Gasteiger partial charge is 0.454 e. The molecular weight excluding hydrogens is 284 g/mol. The average Bonchev–Trinajstić information content (AvgIpc) is 2.80. The van der Waals surface area contributed by atoms with Crippen LogP contribution in [0.4, 0.5) is 0 Å². The minimum atomic E-state index is -0.234. The number of carbonyl (C=O) groups is 2. The van der Waals surface area contributed by atoms with Gasteiger partial charge in [0.2, 0.25) is 12.7 Å². The van der Waals surface area contributed by atoms with Gasteiger partial charge < -0.3 is 19.7 Å². The molecule has 20 heavy (non-hydrogen) atoms. The molecule has 2 aliphatic rings. The molecule has 0 spiro atoms. The Morgan fingerprint density at radius 2 is 2.20 bits per heavy atom. The number of halogens is 1. The zero-order valence-corrected chi connectivity index (χ0v) is 11.4. The summed E-state index contributed by atoms with van der Waals surface area (Å²) in [6, 6.07) is 3.14. The highest BCUT2D eigenvalue weighted by molar-refractivity contribution is 6.32. The van der Waals surface area contributed by atoms with E-state index in [1.54, 1.807) is 12.1 Å². The quantitative estimate of drug-likeness (QED) is 0.840. The lowest BCUT2D eigenvalue weighted by molar-refractivity contribution is -0.121. The molecule has 0 atom stereocenters. The summed E-state index contributed by atoms with van der Waals surface area (Å²) in [4.78, 5) is 25.5. The summed E-state index contributed by atoms with van der Waals surface area (Å²) < 4.78 is 10.4. The van der Waals surface area contributed by atoms with E-state index in [0.29, 0.717) is 35.2 Å². The van der Waals surface area contributed by atoms with Gasteiger partial charge >= 0.3 is 0 Å². The van der Waals surface area contributed by atoms with Crippen molar-refractivity contribution in [1.29, 1.82) is 0 Å². The number of carbonyl (C=O) groups excluding carboxylic acids is 2. The third-order valence-corrected chi connectivity index (χ3v) is 3.50. The van der Waals surface area contributed by atoms with E-state index in [4.69, 9.17) is 21.1 Å². The molecule has 106 valence electrons.